The van der Waals surface area contributed by atoms with Gasteiger partial charge in [-0.3, -0.25) is 4.79 Å². The minimum atomic E-state index is -0.391. The summed E-state index contributed by atoms with van der Waals surface area (Å²) in [5.41, 5.74) is 1.13. The number of hydrogen-bond donors (Lipinski definition) is 0. The molecule has 4 nitrogen and oxygen atoms in total. The third-order valence-corrected chi connectivity index (χ3v) is 4.54. The normalized spacial score (nSPS) is 19.1. The first kappa shape index (κ1) is 14.9. The molecule has 2 unspecified atom stereocenters. The van der Waals surface area contributed by atoms with E-state index in [0.717, 1.165) is 5.56 Å². The van der Waals surface area contributed by atoms with Crippen LogP contribution < -0.4 is 0 Å². The standard InChI is InChI=1S/C15H19NO3S/c1-19-15(18)12-8-9-16(12)14(17)13(20-2)10-11-6-4-3-5-7-11/h3-7,12-13H,8-10H2,1-2H3. The fourth-order valence-corrected chi connectivity index (χ4v) is 3.01. The van der Waals surface area contributed by atoms with E-state index in [1.807, 2.05) is 36.6 Å². The highest BCUT2D eigenvalue weighted by Crippen LogP contribution is 2.24. The van der Waals surface area contributed by atoms with Crippen LogP contribution in [-0.4, -0.2) is 48.0 Å². The van der Waals surface area contributed by atoms with Crippen LogP contribution in [0.1, 0.15) is 12.0 Å². The SMILES string of the molecule is COC(=O)C1CCN1C(=O)C(Cc1ccccc1)SC. The van der Waals surface area contributed by atoms with Crippen LogP contribution >= 0.6 is 11.8 Å². The van der Waals surface area contributed by atoms with Gasteiger partial charge in [0, 0.05) is 6.54 Å². The predicted molar refractivity (Wildman–Crippen MR) is 79.6 cm³/mol. The smallest absolute Gasteiger partial charge is 0.328 e. The van der Waals surface area contributed by atoms with Gasteiger partial charge in [-0.25, -0.2) is 4.79 Å². The van der Waals surface area contributed by atoms with Crippen molar-refractivity contribution >= 4 is 23.6 Å². The summed E-state index contributed by atoms with van der Waals surface area (Å²) in [7, 11) is 1.36. The van der Waals surface area contributed by atoms with Crippen molar-refractivity contribution < 1.29 is 14.3 Å². The molecule has 0 bridgehead atoms. The van der Waals surface area contributed by atoms with Crippen molar-refractivity contribution in [3.63, 3.8) is 0 Å². The summed E-state index contributed by atoms with van der Waals surface area (Å²) in [6, 6.07) is 9.55. The Bertz CT molecular complexity index is 477. The second kappa shape index (κ2) is 6.79. The maximum atomic E-state index is 12.5. The van der Waals surface area contributed by atoms with Gasteiger partial charge >= 0.3 is 5.97 Å². The molecule has 20 heavy (non-hydrogen) atoms. The molecule has 0 spiro atoms. The van der Waals surface area contributed by atoms with Gasteiger partial charge in [-0.1, -0.05) is 30.3 Å². The lowest BCUT2D eigenvalue weighted by molar-refractivity contribution is -0.159. The zero-order chi connectivity index (χ0) is 14.5. The number of nitrogens with zero attached hydrogens (tertiary/aromatic N) is 1. The van der Waals surface area contributed by atoms with Crippen LogP contribution in [-0.2, 0) is 20.7 Å². The molecule has 1 heterocycles. The van der Waals surface area contributed by atoms with Gasteiger partial charge < -0.3 is 9.64 Å². The lowest BCUT2D eigenvalue weighted by Crippen LogP contribution is -2.58. The van der Waals surface area contributed by atoms with Crippen LogP contribution in [0, 0.1) is 0 Å². The molecule has 0 N–H and O–H groups in total. The Morgan fingerprint density at radius 3 is 2.60 bits per heavy atom. The van der Waals surface area contributed by atoms with Crippen LogP contribution in [0.4, 0.5) is 0 Å². The number of ether oxygens (including phenoxy) is 1. The van der Waals surface area contributed by atoms with Crippen molar-refractivity contribution in [2.24, 2.45) is 0 Å². The summed E-state index contributed by atoms with van der Waals surface area (Å²) in [5.74, 6) is -0.285. The van der Waals surface area contributed by atoms with E-state index in [9.17, 15) is 9.59 Å². The predicted octanol–water partition coefficient (Wildman–Crippen LogP) is 1.73. The van der Waals surface area contributed by atoms with E-state index in [0.29, 0.717) is 19.4 Å². The topological polar surface area (TPSA) is 46.6 Å². The maximum Gasteiger partial charge on any atom is 0.328 e. The highest BCUT2D eigenvalue weighted by molar-refractivity contribution is 7.99. The van der Waals surface area contributed by atoms with Crippen LogP contribution in [0.15, 0.2) is 30.3 Å². The molecular formula is C15H19NO3S. The van der Waals surface area contributed by atoms with Gasteiger partial charge in [0.25, 0.3) is 0 Å². The molecule has 1 saturated heterocycles. The summed E-state index contributed by atoms with van der Waals surface area (Å²) in [6.07, 6.45) is 3.31. The van der Waals surface area contributed by atoms with Gasteiger partial charge in [0.15, 0.2) is 0 Å². The lowest BCUT2D eigenvalue weighted by atomic mass is 10.0. The van der Waals surface area contributed by atoms with Crippen molar-refractivity contribution in [2.75, 3.05) is 19.9 Å². The number of benzene rings is 1. The van der Waals surface area contributed by atoms with Crippen LogP contribution in [0.2, 0.25) is 0 Å². The third kappa shape index (κ3) is 3.15. The second-order valence-corrected chi connectivity index (χ2v) is 5.81. The molecule has 1 aromatic rings. The molecule has 0 aromatic heterocycles. The number of rotatable bonds is 5. The minimum absolute atomic E-state index is 0.0306. The Kier molecular flexibility index (Phi) is 5.06. The minimum Gasteiger partial charge on any atom is -0.467 e. The molecule has 1 amide bonds. The quantitative estimate of drug-likeness (QED) is 0.776. The Hall–Kier alpha value is -1.49. The fourth-order valence-electron chi connectivity index (χ4n) is 2.32. The lowest BCUT2D eigenvalue weighted by Gasteiger charge is -2.40. The van der Waals surface area contributed by atoms with Gasteiger partial charge in [0.05, 0.1) is 12.4 Å². The number of esters is 1. The van der Waals surface area contributed by atoms with Gasteiger partial charge in [-0.05, 0) is 24.7 Å². The molecule has 5 heteroatoms. The fraction of sp³-hybridized carbons (Fsp3) is 0.467. The number of hydrogen-bond acceptors (Lipinski definition) is 4. The van der Waals surface area contributed by atoms with E-state index in [1.165, 1.54) is 18.9 Å². The van der Waals surface area contributed by atoms with Crippen molar-refractivity contribution in [1.29, 1.82) is 0 Å². The van der Waals surface area contributed by atoms with Crippen molar-refractivity contribution in [2.45, 2.75) is 24.1 Å². The zero-order valence-corrected chi connectivity index (χ0v) is 12.6. The molecule has 2 atom stereocenters. The van der Waals surface area contributed by atoms with Gasteiger partial charge in [0.1, 0.15) is 6.04 Å². The number of likely N-dealkylation sites (tertiary alicyclic amines) is 1. The molecule has 2 rings (SSSR count). The molecular weight excluding hydrogens is 274 g/mol. The van der Waals surface area contributed by atoms with Crippen LogP contribution in [0.3, 0.4) is 0 Å². The Labute approximate surface area is 123 Å². The van der Waals surface area contributed by atoms with Gasteiger partial charge in [-0.15, -0.1) is 0 Å². The summed E-state index contributed by atoms with van der Waals surface area (Å²) >= 11 is 1.53. The van der Waals surface area contributed by atoms with E-state index >= 15 is 0 Å². The summed E-state index contributed by atoms with van der Waals surface area (Å²) in [6.45, 7) is 0.643. The maximum absolute atomic E-state index is 12.5. The number of carbonyl (C=O) groups is 2. The van der Waals surface area contributed by atoms with E-state index in [4.69, 9.17) is 4.74 Å². The number of amides is 1. The van der Waals surface area contributed by atoms with Crippen molar-refractivity contribution in [1.82, 2.24) is 4.90 Å². The van der Waals surface area contributed by atoms with Crippen molar-refractivity contribution in [3.05, 3.63) is 35.9 Å². The van der Waals surface area contributed by atoms with Gasteiger partial charge in [0.2, 0.25) is 5.91 Å². The Morgan fingerprint density at radius 1 is 1.40 bits per heavy atom. The molecule has 1 fully saturated rings. The van der Waals surface area contributed by atoms with Crippen LogP contribution in [0.25, 0.3) is 0 Å². The monoisotopic (exact) mass is 293 g/mol. The molecule has 0 saturated carbocycles. The highest BCUT2D eigenvalue weighted by Gasteiger charge is 2.40. The number of methoxy groups -OCH3 is 1. The first-order valence-corrected chi connectivity index (χ1v) is 7.91. The third-order valence-electron chi connectivity index (χ3n) is 3.60. The average molecular weight is 293 g/mol. The molecule has 1 aliphatic heterocycles. The summed E-state index contributed by atoms with van der Waals surface area (Å²) < 4.78 is 4.73. The summed E-state index contributed by atoms with van der Waals surface area (Å²) in [4.78, 5) is 25.7. The van der Waals surface area contributed by atoms with E-state index in [-0.39, 0.29) is 17.1 Å². The molecule has 0 radical (unpaired) electrons. The van der Waals surface area contributed by atoms with Crippen LogP contribution in [0.5, 0.6) is 0 Å². The van der Waals surface area contributed by atoms with E-state index in [1.54, 1.807) is 4.90 Å². The second-order valence-electron chi connectivity index (χ2n) is 4.77. The zero-order valence-electron chi connectivity index (χ0n) is 11.7. The van der Waals surface area contributed by atoms with E-state index < -0.39 is 6.04 Å². The average Bonchev–Trinajstić information content (AvgIpc) is 2.44. The first-order chi connectivity index (χ1) is 9.67. The Balaban J connectivity index is 2.01. The molecule has 1 aliphatic rings. The molecule has 0 aliphatic carbocycles. The van der Waals surface area contributed by atoms with Crippen molar-refractivity contribution in [3.8, 4) is 0 Å². The largest absolute Gasteiger partial charge is 0.467 e. The highest BCUT2D eigenvalue weighted by atomic mass is 32.2. The number of carbonyl (C=O) groups excluding carboxylic acids is 2. The number of thioether (sulfide) groups is 1. The summed E-state index contributed by atoms with van der Waals surface area (Å²) in [5, 5.41) is -0.148. The molecule has 1 aromatic carbocycles. The Morgan fingerprint density at radius 2 is 2.10 bits per heavy atom. The van der Waals surface area contributed by atoms with E-state index in [2.05, 4.69) is 0 Å². The molecule has 108 valence electrons. The first-order valence-electron chi connectivity index (χ1n) is 6.62. The van der Waals surface area contributed by atoms with Gasteiger partial charge in [-0.2, -0.15) is 11.8 Å².